The van der Waals surface area contributed by atoms with E-state index in [0.717, 1.165) is 25.1 Å². The maximum atomic E-state index is 12.3. The summed E-state index contributed by atoms with van der Waals surface area (Å²) in [5.41, 5.74) is 0.948. The number of hydrogen-bond donors (Lipinski definition) is 0. The number of benzene rings is 1. The van der Waals surface area contributed by atoms with Gasteiger partial charge in [0.2, 0.25) is 5.91 Å². The normalized spacial score (nSPS) is 21.0. The van der Waals surface area contributed by atoms with E-state index in [1.165, 1.54) is 0 Å². The van der Waals surface area contributed by atoms with Crippen LogP contribution in [0.4, 0.5) is 4.79 Å². The summed E-state index contributed by atoms with van der Waals surface area (Å²) in [6, 6.07) is 9.20. The van der Waals surface area contributed by atoms with E-state index in [1.807, 2.05) is 35.2 Å². The summed E-state index contributed by atoms with van der Waals surface area (Å²) in [5, 5.41) is 0. The number of carbonyl (C=O) groups is 2. The van der Waals surface area contributed by atoms with Crippen LogP contribution < -0.4 is 0 Å². The predicted octanol–water partition coefficient (Wildman–Crippen LogP) is 1.93. The van der Waals surface area contributed by atoms with Crippen molar-refractivity contribution >= 4 is 23.8 Å². The molecule has 1 atom stereocenters. The number of amides is 2. The number of thioether (sulfide) groups is 1. The van der Waals surface area contributed by atoms with Gasteiger partial charge in [-0.05, 0) is 12.0 Å². The van der Waals surface area contributed by atoms with Gasteiger partial charge in [-0.1, -0.05) is 30.3 Å². The van der Waals surface area contributed by atoms with Gasteiger partial charge in [-0.15, -0.1) is 11.8 Å². The number of carbonyl (C=O) groups excluding carboxylic acids is 2. The van der Waals surface area contributed by atoms with Gasteiger partial charge >= 0.3 is 6.09 Å². The van der Waals surface area contributed by atoms with E-state index >= 15 is 0 Å². The van der Waals surface area contributed by atoms with Gasteiger partial charge in [0.1, 0.15) is 12.6 Å². The van der Waals surface area contributed by atoms with E-state index in [0.29, 0.717) is 11.6 Å². The first-order valence-electron chi connectivity index (χ1n) is 7.09. The fraction of sp³-hybridized carbons (Fsp3) is 0.467. The minimum Gasteiger partial charge on any atom is -0.445 e. The largest absolute Gasteiger partial charge is 0.445 e. The molecule has 0 aliphatic carbocycles. The van der Waals surface area contributed by atoms with Crippen LogP contribution in [0.3, 0.4) is 0 Å². The number of nitrogens with zero attached hydrogens (tertiary/aromatic N) is 2. The molecule has 2 heterocycles. The lowest BCUT2D eigenvalue weighted by molar-refractivity contribution is -0.138. The monoisotopic (exact) mass is 306 g/mol. The van der Waals surface area contributed by atoms with Crippen LogP contribution in [0, 0.1) is 0 Å². The Balaban J connectivity index is 1.56. The van der Waals surface area contributed by atoms with Crippen LogP contribution in [0.5, 0.6) is 0 Å². The Morgan fingerprint density at radius 3 is 2.67 bits per heavy atom. The molecule has 5 nitrogen and oxygen atoms in total. The molecule has 0 N–H and O–H groups in total. The fourth-order valence-corrected chi connectivity index (χ4v) is 3.51. The van der Waals surface area contributed by atoms with Gasteiger partial charge in [-0.3, -0.25) is 9.69 Å². The Bertz CT molecular complexity index is 519. The first kappa shape index (κ1) is 14.3. The molecule has 0 unspecified atom stereocenters. The van der Waals surface area contributed by atoms with E-state index in [4.69, 9.17) is 4.74 Å². The summed E-state index contributed by atoms with van der Waals surface area (Å²) in [4.78, 5) is 27.8. The van der Waals surface area contributed by atoms with Crippen molar-refractivity contribution < 1.29 is 14.3 Å². The lowest BCUT2D eigenvalue weighted by atomic mass is 10.1. The minimum atomic E-state index is -0.400. The summed E-state index contributed by atoms with van der Waals surface area (Å²) in [7, 11) is 0. The molecule has 6 heteroatoms. The quantitative estimate of drug-likeness (QED) is 0.856. The minimum absolute atomic E-state index is 0.0583. The lowest BCUT2D eigenvalue weighted by Gasteiger charge is -2.35. The van der Waals surface area contributed by atoms with E-state index < -0.39 is 6.09 Å². The zero-order valence-electron chi connectivity index (χ0n) is 11.7. The Morgan fingerprint density at radius 2 is 2.00 bits per heavy atom. The standard InChI is InChI=1S/C15H18N2O3S/c18-14(16-7-4-8-16)13-10-21-11-17(13)15(19)20-9-12-5-2-1-3-6-12/h1-3,5-6,13H,4,7-11H2/t13-/m1/s1. The Hall–Kier alpha value is -1.69. The topological polar surface area (TPSA) is 49.9 Å². The highest BCUT2D eigenvalue weighted by Gasteiger charge is 2.39. The lowest BCUT2D eigenvalue weighted by Crippen LogP contribution is -2.53. The average Bonchev–Trinajstić information content (AvgIpc) is 2.93. The molecule has 2 fully saturated rings. The molecule has 0 saturated carbocycles. The Kier molecular flexibility index (Phi) is 4.34. The highest BCUT2D eigenvalue weighted by atomic mass is 32.2. The molecule has 2 aliphatic rings. The predicted molar refractivity (Wildman–Crippen MR) is 80.8 cm³/mol. The maximum absolute atomic E-state index is 12.3. The van der Waals surface area contributed by atoms with E-state index in [-0.39, 0.29) is 18.6 Å². The number of hydrogen-bond acceptors (Lipinski definition) is 4. The van der Waals surface area contributed by atoms with Crippen LogP contribution in [-0.4, -0.2) is 52.6 Å². The van der Waals surface area contributed by atoms with Gasteiger partial charge in [-0.25, -0.2) is 4.79 Å². The van der Waals surface area contributed by atoms with Crippen molar-refractivity contribution in [3.8, 4) is 0 Å². The molecule has 2 saturated heterocycles. The highest BCUT2D eigenvalue weighted by molar-refractivity contribution is 7.99. The van der Waals surface area contributed by atoms with Gasteiger partial charge in [0, 0.05) is 18.8 Å². The summed E-state index contributed by atoms with van der Waals surface area (Å²) in [6.45, 7) is 1.87. The Labute approximate surface area is 128 Å². The van der Waals surface area contributed by atoms with Gasteiger partial charge < -0.3 is 9.64 Å². The Morgan fingerprint density at radius 1 is 1.24 bits per heavy atom. The molecule has 0 bridgehead atoms. The van der Waals surface area contributed by atoms with Gasteiger partial charge in [0.05, 0.1) is 5.88 Å². The smallest absolute Gasteiger partial charge is 0.411 e. The first-order valence-corrected chi connectivity index (χ1v) is 8.25. The van der Waals surface area contributed by atoms with Gasteiger partial charge in [-0.2, -0.15) is 0 Å². The summed E-state index contributed by atoms with van der Waals surface area (Å²) in [5.74, 6) is 1.25. The number of likely N-dealkylation sites (tertiary alicyclic amines) is 1. The fourth-order valence-electron chi connectivity index (χ4n) is 2.38. The molecular weight excluding hydrogens is 288 g/mol. The molecule has 0 aromatic heterocycles. The third kappa shape index (κ3) is 3.15. The summed E-state index contributed by atoms with van der Waals surface area (Å²) in [6.07, 6.45) is 0.659. The first-order chi connectivity index (χ1) is 10.3. The second-order valence-electron chi connectivity index (χ2n) is 5.20. The molecule has 2 amide bonds. The van der Waals surface area contributed by atoms with Crippen molar-refractivity contribution in [1.29, 1.82) is 0 Å². The van der Waals surface area contributed by atoms with E-state index in [9.17, 15) is 9.59 Å². The third-order valence-corrected chi connectivity index (χ3v) is 4.79. The van der Waals surface area contributed by atoms with Crippen molar-refractivity contribution in [1.82, 2.24) is 9.80 Å². The van der Waals surface area contributed by atoms with Gasteiger partial charge in [0.25, 0.3) is 0 Å². The zero-order chi connectivity index (χ0) is 14.7. The zero-order valence-corrected chi connectivity index (χ0v) is 12.6. The second-order valence-corrected chi connectivity index (χ2v) is 6.20. The van der Waals surface area contributed by atoms with Crippen LogP contribution in [0.2, 0.25) is 0 Å². The van der Waals surface area contributed by atoms with Crippen molar-refractivity contribution in [2.24, 2.45) is 0 Å². The molecule has 3 rings (SSSR count). The molecule has 0 radical (unpaired) electrons. The SMILES string of the molecule is O=C([C@H]1CSCN1C(=O)OCc1ccccc1)N1CCC1. The molecule has 1 aromatic rings. The van der Waals surface area contributed by atoms with E-state index in [2.05, 4.69) is 0 Å². The van der Waals surface area contributed by atoms with Crippen LogP contribution in [0.25, 0.3) is 0 Å². The van der Waals surface area contributed by atoms with Gasteiger partial charge in [0.15, 0.2) is 0 Å². The summed E-state index contributed by atoms with van der Waals surface area (Å²) >= 11 is 1.60. The number of ether oxygens (including phenoxy) is 1. The van der Waals surface area contributed by atoms with Crippen molar-refractivity contribution in [2.75, 3.05) is 24.7 Å². The van der Waals surface area contributed by atoms with Crippen molar-refractivity contribution in [2.45, 2.75) is 19.1 Å². The van der Waals surface area contributed by atoms with Crippen LogP contribution in [-0.2, 0) is 16.1 Å². The third-order valence-electron chi connectivity index (χ3n) is 3.77. The maximum Gasteiger partial charge on any atom is 0.411 e. The molecule has 21 heavy (non-hydrogen) atoms. The van der Waals surface area contributed by atoms with Crippen molar-refractivity contribution in [3.05, 3.63) is 35.9 Å². The second kappa shape index (κ2) is 6.39. The van der Waals surface area contributed by atoms with E-state index in [1.54, 1.807) is 16.7 Å². The molecular formula is C15H18N2O3S. The van der Waals surface area contributed by atoms with Crippen LogP contribution in [0.1, 0.15) is 12.0 Å². The highest BCUT2D eigenvalue weighted by Crippen LogP contribution is 2.25. The van der Waals surface area contributed by atoms with Crippen molar-refractivity contribution in [3.63, 3.8) is 0 Å². The molecule has 0 spiro atoms. The molecule has 2 aliphatic heterocycles. The molecule has 1 aromatic carbocycles. The average molecular weight is 306 g/mol. The summed E-state index contributed by atoms with van der Waals surface area (Å²) < 4.78 is 5.33. The number of rotatable bonds is 3. The molecule has 112 valence electrons. The van der Waals surface area contributed by atoms with Crippen LogP contribution >= 0.6 is 11.8 Å². The van der Waals surface area contributed by atoms with Crippen LogP contribution in [0.15, 0.2) is 30.3 Å².